The van der Waals surface area contributed by atoms with Gasteiger partial charge in [0.05, 0.1) is 5.56 Å². The Morgan fingerprint density at radius 3 is 2.28 bits per heavy atom. The smallest absolute Gasteiger partial charge is 0.407 e. The van der Waals surface area contributed by atoms with Crippen LogP contribution in [0.4, 0.5) is 4.79 Å². The molecule has 1 unspecified atom stereocenters. The van der Waals surface area contributed by atoms with E-state index in [1.54, 1.807) is 45.9 Å². The van der Waals surface area contributed by atoms with Crippen LogP contribution in [0.25, 0.3) is 10.9 Å². The number of nitrogens with zero attached hydrogens (tertiary/aromatic N) is 1. The first-order valence-corrected chi connectivity index (χ1v) is 12.9. The Morgan fingerprint density at radius 1 is 0.949 bits per heavy atom. The zero-order valence-electron chi connectivity index (χ0n) is 23.7. The Hall–Kier alpha value is -4.14. The van der Waals surface area contributed by atoms with Crippen LogP contribution in [0.5, 0.6) is 0 Å². The lowest BCUT2D eigenvalue weighted by molar-refractivity contribution is -0.137. The van der Waals surface area contributed by atoms with Crippen molar-refractivity contribution in [3.63, 3.8) is 0 Å². The van der Waals surface area contributed by atoms with Crippen molar-refractivity contribution >= 4 is 34.6 Å². The zero-order chi connectivity index (χ0) is 29.0. The number of fused-ring (bicyclic) bond motifs is 1. The Morgan fingerprint density at radius 2 is 1.62 bits per heavy atom. The molecule has 3 N–H and O–H groups in total. The third-order valence-corrected chi connectivity index (χ3v) is 5.81. The molecule has 2 aromatic carbocycles. The highest BCUT2D eigenvalue weighted by atomic mass is 16.6. The largest absolute Gasteiger partial charge is 0.444 e. The minimum absolute atomic E-state index is 0.0198. The SMILES string of the molecule is CC(C(=O)NC(C)(C)C)N(Cc1cccc(CNC(=O)OC(C)(C)C)c1)C(=O)C(=O)c1c[nH]c2ccccc12. The highest BCUT2D eigenvalue weighted by Gasteiger charge is 2.33. The number of rotatable bonds is 8. The molecule has 39 heavy (non-hydrogen) atoms. The van der Waals surface area contributed by atoms with Crippen LogP contribution in [0.15, 0.2) is 54.7 Å². The normalized spacial score (nSPS) is 12.5. The van der Waals surface area contributed by atoms with Gasteiger partial charge in [-0.15, -0.1) is 0 Å². The van der Waals surface area contributed by atoms with Crippen LogP contribution >= 0.6 is 0 Å². The molecule has 3 rings (SSSR count). The summed E-state index contributed by atoms with van der Waals surface area (Å²) in [6.07, 6.45) is 0.980. The lowest BCUT2D eigenvalue weighted by Crippen LogP contribution is -2.53. The van der Waals surface area contributed by atoms with Gasteiger partial charge < -0.3 is 25.3 Å². The van der Waals surface area contributed by atoms with Gasteiger partial charge in [0.15, 0.2) is 0 Å². The van der Waals surface area contributed by atoms with E-state index < -0.39 is 35.0 Å². The van der Waals surface area contributed by atoms with Gasteiger partial charge in [-0.1, -0.05) is 42.5 Å². The maximum Gasteiger partial charge on any atom is 0.407 e. The van der Waals surface area contributed by atoms with Gasteiger partial charge in [0.25, 0.3) is 11.7 Å². The third-order valence-electron chi connectivity index (χ3n) is 5.81. The van der Waals surface area contributed by atoms with E-state index in [-0.39, 0.29) is 24.6 Å². The van der Waals surface area contributed by atoms with E-state index in [2.05, 4.69) is 15.6 Å². The average molecular weight is 535 g/mol. The average Bonchev–Trinajstić information content (AvgIpc) is 3.27. The standard InChI is InChI=1S/C30H38N4O5/c1-19(26(36)33-29(2,3)4)34(27(37)25(35)23-17-31-24-14-9-8-13-22(23)24)18-21-12-10-11-20(15-21)16-32-28(38)39-30(5,6)7/h8-15,17,19,31H,16,18H2,1-7H3,(H,32,38)(H,33,36). The number of para-hydroxylation sites is 1. The van der Waals surface area contributed by atoms with E-state index in [4.69, 9.17) is 4.74 Å². The first-order valence-electron chi connectivity index (χ1n) is 12.9. The number of nitrogens with one attached hydrogen (secondary N) is 3. The summed E-state index contributed by atoms with van der Waals surface area (Å²) in [5, 5.41) is 6.25. The molecular weight excluding hydrogens is 496 g/mol. The number of Topliss-reactive ketones (excluding diaryl/α,β-unsaturated/α-hetero) is 1. The topological polar surface area (TPSA) is 121 Å². The highest BCUT2D eigenvalue weighted by Crippen LogP contribution is 2.21. The second kappa shape index (κ2) is 11.7. The molecule has 1 aromatic heterocycles. The van der Waals surface area contributed by atoms with E-state index in [0.717, 1.165) is 11.1 Å². The fourth-order valence-electron chi connectivity index (χ4n) is 4.03. The lowest BCUT2D eigenvalue weighted by atomic mass is 10.0. The molecule has 0 saturated carbocycles. The number of hydrogen-bond donors (Lipinski definition) is 3. The van der Waals surface area contributed by atoms with Crippen LogP contribution < -0.4 is 10.6 Å². The molecule has 208 valence electrons. The molecule has 3 amide bonds. The Kier molecular flexibility index (Phi) is 8.84. The number of amides is 3. The summed E-state index contributed by atoms with van der Waals surface area (Å²) in [7, 11) is 0. The molecule has 0 bridgehead atoms. The minimum Gasteiger partial charge on any atom is -0.444 e. The van der Waals surface area contributed by atoms with Crippen LogP contribution in [0.1, 0.15) is 70.0 Å². The number of H-pyrrole nitrogens is 1. The van der Waals surface area contributed by atoms with Crippen LogP contribution in [-0.4, -0.2) is 50.8 Å². The molecule has 1 heterocycles. The zero-order valence-corrected chi connectivity index (χ0v) is 23.7. The van der Waals surface area contributed by atoms with Gasteiger partial charge in [0.1, 0.15) is 11.6 Å². The Labute approximate surface area is 229 Å². The molecule has 1 atom stereocenters. The minimum atomic E-state index is -0.922. The van der Waals surface area contributed by atoms with Crippen molar-refractivity contribution in [2.24, 2.45) is 0 Å². The number of ketones is 1. The first kappa shape index (κ1) is 29.4. The van der Waals surface area contributed by atoms with Crippen LogP contribution in [0, 0.1) is 0 Å². The summed E-state index contributed by atoms with van der Waals surface area (Å²) in [6.45, 7) is 12.7. The molecule has 9 heteroatoms. The van der Waals surface area contributed by atoms with Crippen molar-refractivity contribution < 1.29 is 23.9 Å². The summed E-state index contributed by atoms with van der Waals surface area (Å²) in [4.78, 5) is 56.5. The van der Waals surface area contributed by atoms with Crippen molar-refractivity contribution in [2.45, 2.75) is 78.7 Å². The van der Waals surface area contributed by atoms with E-state index in [1.807, 2.05) is 51.1 Å². The number of alkyl carbamates (subject to hydrolysis) is 1. The van der Waals surface area contributed by atoms with E-state index in [1.165, 1.54) is 11.1 Å². The third kappa shape index (κ3) is 8.17. The summed E-state index contributed by atoms with van der Waals surface area (Å²) >= 11 is 0. The van der Waals surface area contributed by atoms with Crippen LogP contribution in [0.2, 0.25) is 0 Å². The van der Waals surface area contributed by atoms with Crippen molar-refractivity contribution in [3.05, 3.63) is 71.4 Å². The maximum absolute atomic E-state index is 13.6. The summed E-state index contributed by atoms with van der Waals surface area (Å²) in [6, 6.07) is 13.6. The fraction of sp³-hybridized carbons (Fsp3) is 0.400. The van der Waals surface area contributed by atoms with Gasteiger partial charge in [-0.3, -0.25) is 14.4 Å². The van der Waals surface area contributed by atoms with Gasteiger partial charge in [-0.25, -0.2) is 4.79 Å². The highest BCUT2D eigenvalue weighted by molar-refractivity contribution is 6.45. The van der Waals surface area contributed by atoms with Gasteiger partial charge in [0.2, 0.25) is 5.91 Å². The van der Waals surface area contributed by atoms with Crippen LogP contribution in [-0.2, 0) is 27.4 Å². The van der Waals surface area contributed by atoms with Gasteiger partial charge in [-0.2, -0.15) is 0 Å². The predicted molar refractivity (Wildman–Crippen MR) is 150 cm³/mol. The number of carbonyl (C=O) groups excluding carboxylic acids is 4. The second-order valence-corrected chi connectivity index (χ2v) is 11.6. The number of aromatic amines is 1. The fourth-order valence-corrected chi connectivity index (χ4v) is 4.03. The molecule has 0 spiro atoms. The summed E-state index contributed by atoms with van der Waals surface area (Å²) < 4.78 is 5.29. The van der Waals surface area contributed by atoms with Crippen molar-refractivity contribution in [1.29, 1.82) is 0 Å². The van der Waals surface area contributed by atoms with Gasteiger partial charge >= 0.3 is 6.09 Å². The molecule has 0 saturated heterocycles. The molecule has 3 aromatic rings. The number of ether oxygens (including phenoxy) is 1. The second-order valence-electron chi connectivity index (χ2n) is 11.6. The molecule has 0 aliphatic carbocycles. The number of hydrogen-bond acceptors (Lipinski definition) is 5. The maximum atomic E-state index is 13.6. The van der Waals surface area contributed by atoms with Crippen molar-refractivity contribution in [1.82, 2.24) is 20.5 Å². The predicted octanol–water partition coefficient (Wildman–Crippen LogP) is 4.71. The van der Waals surface area contributed by atoms with Crippen LogP contribution in [0.3, 0.4) is 0 Å². The molecule has 0 aliphatic heterocycles. The molecular formula is C30H38N4O5. The lowest BCUT2D eigenvalue weighted by Gasteiger charge is -2.31. The van der Waals surface area contributed by atoms with E-state index in [0.29, 0.717) is 10.9 Å². The van der Waals surface area contributed by atoms with Crippen molar-refractivity contribution in [2.75, 3.05) is 0 Å². The van der Waals surface area contributed by atoms with Gasteiger partial charge in [0, 0.05) is 35.7 Å². The van der Waals surface area contributed by atoms with E-state index >= 15 is 0 Å². The molecule has 0 aliphatic rings. The summed E-state index contributed by atoms with van der Waals surface area (Å²) in [5.41, 5.74) is 1.33. The molecule has 0 radical (unpaired) electrons. The summed E-state index contributed by atoms with van der Waals surface area (Å²) in [5.74, 6) is -1.86. The van der Waals surface area contributed by atoms with E-state index in [9.17, 15) is 19.2 Å². The molecule has 9 nitrogen and oxygen atoms in total. The quantitative estimate of drug-likeness (QED) is 0.286. The number of aromatic nitrogens is 1. The molecule has 0 fully saturated rings. The monoisotopic (exact) mass is 534 g/mol. The Bertz CT molecular complexity index is 1360. The number of benzene rings is 2. The first-order chi connectivity index (χ1) is 18.1. The Balaban J connectivity index is 1.86. The number of carbonyl (C=O) groups is 4. The van der Waals surface area contributed by atoms with Crippen molar-refractivity contribution in [3.8, 4) is 0 Å². The van der Waals surface area contributed by atoms with Gasteiger partial charge in [-0.05, 0) is 65.7 Å².